The molecule has 0 radical (unpaired) electrons. The molecule has 1 heterocycles. The molecular formula is C8H7Cl2NO. The molecule has 1 aromatic heterocycles. The smallest absolute Gasteiger partial charge is 0.130 e. The van der Waals surface area contributed by atoms with Gasteiger partial charge in [0.25, 0.3) is 0 Å². The lowest BCUT2D eigenvalue weighted by Crippen LogP contribution is -1.96. The van der Waals surface area contributed by atoms with Crippen molar-refractivity contribution in [3.8, 4) is 0 Å². The molecule has 4 heteroatoms. The van der Waals surface area contributed by atoms with Crippen LogP contribution in [0.15, 0.2) is 12.3 Å². The number of halogens is 2. The van der Waals surface area contributed by atoms with Crippen LogP contribution in [-0.2, 0) is 4.79 Å². The maximum atomic E-state index is 10.4. The molecule has 0 aliphatic rings. The number of carbonyl (C=O) groups excluding carboxylic acids is 1. The van der Waals surface area contributed by atoms with Crippen LogP contribution >= 0.6 is 23.2 Å². The molecule has 1 unspecified atom stereocenters. The zero-order chi connectivity index (χ0) is 9.14. The molecule has 0 aromatic carbocycles. The summed E-state index contributed by atoms with van der Waals surface area (Å²) in [7, 11) is 0. The summed E-state index contributed by atoms with van der Waals surface area (Å²) in [6.45, 7) is 1.75. The van der Waals surface area contributed by atoms with E-state index in [0.717, 1.165) is 6.29 Å². The van der Waals surface area contributed by atoms with Crippen molar-refractivity contribution < 1.29 is 4.79 Å². The van der Waals surface area contributed by atoms with Gasteiger partial charge in [-0.15, -0.1) is 0 Å². The van der Waals surface area contributed by atoms with Crippen molar-refractivity contribution in [1.82, 2.24) is 4.98 Å². The molecule has 0 saturated carbocycles. The predicted octanol–water partition coefficient (Wildman–Crippen LogP) is 2.69. The van der Waals surface area contributed by atoms with Gasteiger partial charge in [0.15, 0.2) is 0 Å². The molecule has 0 amide bonds. The number of hydrogen-bond donors (Lipinski definition) is 0. The lowest BCUT2D eigenvalue weighted by Gasteiger charge is -2.05. The standard InChI is InChI=1S/C8H7Cl2NO/c1-5(4-12)6-3-11-8(10)2-7(6)9/h2-5H,1H3. The quantitative estimate of drug-likeness (QED) is 0.547. The van der Waals surface area contributed by atoms with Crippen LogP contribution in [0.5, 0.6) is 0 Å². The van der Waals surface area contributed by atoms with Gasteiger partial charge in [0, 0.05) is 17.1 Å². The van der Waals surface area contributed by atoms with E-state index in [1.54, 1.807) is 6.92 Å². The molecule has 0 bridgehead atoms. The number of pyridine rings is 1. The normalized spacial score (nSPS) is 12.6. The summed E-state index contributed by atoms with van der Waals surface area (Å²) in [5, 5.41) is 0.816. The van der Waals surface area contributed by atoms with Crippen molar-refractivity contribution >= 4 is 29.5 Å². The number of aldehydes is 1. The van der Waals surface area contributed by atoms with Crippen molar-refractivity contribution in [2.24, 2.45) is 0 Å². The monoisotopic (exact) mass is 203 g/mol. The van der Waals surface area contributed by atoms with Gasteiger partial charge >= 0.3 is 0 Å². The second-order valence-corrected chi connectivity index (χ2v) is 3.25. The summed E-state index contributed by atoms with van der Waals surface area (Å²) < 4.78 is 0. The molecule has 0 aliphatic carbocycles. The highest BCUT2D eigenvalue weighted by Gasteiger charge is 2.08. The maximum Gasteiger partial charge on any atom is 0.130 e. The third-order valence-electron chi connectivity index (χ3n) is 1.54. The maximum absolute atomic E-state index is 10.4. The van der Waals surface area contributed by atoms with E-state index in [0.29, 0.717) is 15.7 Å². The minimum atomic E-state index is -0.234. The number of nitrogens with zero attached hydrogens (tertiary/aromatic N) is 1. The van der Waals surface area contributed by atoms with E-state index in [1.165, 1.54) is 12.3 Å². The minimum absolute atomic E-state index is 0.234. The molecule has 0 spiro atoms. The second kappa shape index (κ2) is 3.87. The van der Waals surface area contributed by atoms with Crippen molar-refractivity contribution in [3.63, 3.8) is 0 Å². The fourth-order valence-corrected chi connectivity index (χ4v) is 1.36. The first-order chi connectivity index (χ1) is 5.65. The second-order valence-electron chi connectivity index (χ2n) is 2.45. The highest BCUT2D eigenvalue weighted by atomic mass is 35.5. The van der Waals surface area contributed by atoms with Gasteiger partial charge in [-0.2, -0.15) is 0 Å². The first-order valence-electron chi connectivity index (χ1n) is 3.41. The van der Waals surface area contributed by atoms with Gasteiger partial charge in [0.2, 0.25) is 0 Å². The van der Waals surface area contributed by atoms with Crippen LogP contribution in [-0.4, -0.2) is 11.3 Å². The highest BCUT2D eigenvalue weighted by molar-refractivity contribution is 6.34. The fraction of sp³-hybridized carbons (Fsp3) is 0.250. The van der Waals surface area contributed by atoms with Crippen molar-refractivity contribution in [2.75, 3.05) is 0 Å². The summed E-state index contributed by atoms with van der Waals surface area (Å²) in [6, 6.07) is 1.53. The average Bonchev–Trinajstić information content (AvgIpc) is 2.03. The Morgan fingerprint density at radius 2 is 2.25 bits per heavy atom. The molecule has 1 rings (SSSR count). The Balaban J connectivity index is 3.09. The molecule has 2 nitrogen and oxygen atoms in total. The van der Waals surface area contributed by atoms with Crippen molar-refractivity contribution in [3.05, 3.63) is 28.0 Å². The highest BCUT2D eigenvalue weighted by Crippen LogP contribution is 2.24. The third-order valence-corrected chi connectivity index (χ3v) is 2.08. The molecule has 0 aliphatic heterocycles. The van der Waals surface area contributed by atoms with Crippen LogP contribution in [0.1, 0.15) is 18.4 Å². The van der Waals surface area contributed by atoms with Gasteiger partial charge in [-0.3, -0.25) is 0 Å². The van der Waals surface area contributed by atoms with Crippen molar-refractivity contribution in [1.29, 1.82) is 0 Å². The summed E-state index contributed by atoms with van der Waals surface area (Å²) in [6.07, 6.45) is 2.33. The van der Waals surface area contributed by atoms with Crippen LogP contribution in [0.25, 0.3) is 0 Å². The number of carbonyl (C=O) groups is 1. The number of hydrogen-bond acceptors (Lipinski definition) is 2. The summed E-state index contributed by atoms with van der Waals surface area (Å²) >= 11 is 11.4. The Bertz CT molecular complexity index is 301. The minimum Gasteiger partial charge on any atom is -0.303 e. The van der Waals surface area contributed by atoms with Crippen LogP contribution < -0.4 is 0 Å². The summed E-state index contributed by atoms with van der Waals surface area (Å²) in [5.74, 6) is -0.234. The van der Waals surface area contributed by atoms with Crippen LogP contribution in [0, 0.1) is 0 Å². The predicted molar refractivity (Wildman–Crippen MR) is 48.7 cm³/mol. The van der Waals surface area contributed by atoms with E-state index in [1.807, 2.05) is 0 Å². The molecular weight excluding hydrogens is 197 g/mol. The van der Waals surface area contributed by atoms with E-state index in [4.69, 9.17) is 23.2 Å². The lowest BCUT2D eigenvalue weighted by molar-refractivity contribution is -0.108. The summed E-state index contributed by atoms with van der Waals surface area (Å²) in [4.78, 5) is 14.3. The van der Waals surface area contributed by atoms with Crippen molar-refractivity contribution in [2.45, 2.75) is 12.8 Å². The molecule has 0 N–H and O–H groups in total. The van der Waals surface area contributed by atoms with Gasteiger partial charge in [0.1, 0.15) is 11.4 Å². The lowest BCUT2D eigenvalue weighted by atomic mass is 10.1. The van der Waals surface area contributed by atoms with Gasteiger partial charge in [-0.05, 0) is 11.6 Å². The van der Waals surface area contributed by atoms with E-state index in [2.05, 4.69) is 4.98 Å². The Labute approximate surface area is 80.5 Å². The largest absolute Gasteiger partial charge is 0.303 e. The van der Waals surface area contributed by atoms with Gasteiger partial charge in [-0.1, -0.05) is 30.1 Å². The number of rotatable bonds is 2. The molecule has 0 saturated heterocycles. The Morgan fingerprint density at radius 3 is 2.75 bits per heavy atom. The van der Waals surface area contributed by atoms with Crippen LogP contribution in [0.2, 0.25) is 10.2 Å². The van der Waals surface area contributed by atoms with E-state index >= 15 is 0 Å². The Hall–Kier alpha value is -0.600. The number of aromatic nitrogens is 1. The summed E-state index contributed by atoms with van der Waals surface area (Å²) in [5.41, 5.74) is 0.705. The van der Waals surface area contributed by atoms with E-state index < -0.39 is 0 Å². The first-order valence-corrected chi connectivity index (χ1v) is 4.17. The molecule has 64 valence electrons. The van der Waals surface area contributed by atoms with E-state index in [9.17, 15) is 4.79 Å². The SMILES string of the molecule is CC(C=O)c1cnc(Cl)cc1Cl. The molecule has 1 aromatic rings. The molecule has 0 fully saturated rings. The van der Waals surface area contributed by atoms with E-state index in [-0.39, 0.29) is 5.92 Å². The zero-order valence-corrected chi connectivity index (χ0v) is 7.93. The van der Waals surface area contributed by atoms with Gasteiger partial charge < -0.3 is 4.79 Å². The van der Waals surface area contributed by atoms with Gasteiger partial charge in [0.05, 0.1) is 0 Å². The van der Waals surface area contributed by atoms with Crippen LogP contribution in [0.4, 0.5) is 0 Å². The first kappa shape index (κ1) is 9.49. The fourth-order valence-electron chi connectivity index (χ4n) is 0.826. The topological polar surface area (TPSA) is 30.0 Å². The van der Waals surface area contributed by atoms with Gasteiger partial charge in [-0.25, -0.2) is 4.98 Å². The molecule has 1 atom stereocenters. The third kappa shape index (κ3) is 1.96. The molecule has 12 heavy (non-hydrogen) atoms. The Morgan fingerprint density at radius 1 is 1.58 bits per heavy atom. The van der Waals surface area contributed by atoms with Crippen LogP contribution in [0.3, 0.4) is 0 Å². The Kier molecular flexibility index (Phi) is 3.06. The average molecular weight is 204 g/mol. The zero-order valence-electron chi connectivity index (χ0n) is 6.42.